The van der Waals surface area contributed by atoms with Gasteiger partial charge in [-0.2, -0.15) is 0 Å². The Hall–Kier alpha value is -1.59. The zero-order valence-corrected chi connectivity index (χ0v) is 12.2. The molecule has 6 heteroatoms. The molecule has 0 saturated carbocycles. The van der Waals surface area contributed by atoms with Gasteiger partial charge in [0.05, 0.1) is 5.02 Å². The number of Topliss-reactive ketones (excluding diaryl/α,β-unsaturated/α-hetero) is 1. The fraction of sp³-hybridized carbons (Fsp3) is 0.0769. The van der Waals surface area contributed by atoms with E-state index in [4.69, 9.17) is 11.6 Å². The van der Waals surface area contributed by atoms with Crippen molar-refractivity contribution in [3.05, 3.63) is 51.2 Å². The van der Waals surface area contributed by atoms with Crippen molar-refractivity contribution in [2.75, 3.05) is 0 Å². The lowest BCUT2D eigenvalue weighted by Crippen LogP contribution is -2.05. The van der Waals surface area contributed by atoms with Gasteiger partial charge in [-0.1, -0.05) is 11.6 Å². The second-order valence-corrected chi connectivity index (χ2v) is 5.21. The number of carbonyl (C=O) groups excluding carboxylic acids is 1. The Balaban J connectivity index is 2.62. The van der Waals surface area contributed by atoms with Gasteiger partial charge in [-0.25, -0.2) is 4.79 Å². The molecule has 2 aromatic rings. The number of nitrogens with zero attached hydrogens (tertiary/aromatic N) is 1. The summed E-state index contributed by atoms with van der Waals surface area (Å²) in [5.74, 6) is -1.28. The van der Waals surface area contributed by atoms with Gasteiger partial charge in [-0.05, 0) is 47.1 Å². The van der Waals surface area contributed by atoms with E-state index in [-0.39, 0.29) is 11.5 Å². The molecule has 1 aromatic heterocycles. The highest BCUT2D eigenvalue weighted by molar-refractivity contribution is 9.10. The summed E-state index contributed by atoms with van der Waals surface area (Å²) < 4.78 is 2.10. The van der Waals surface area contributed by atoms with Crippen molar-refractivity contribution in [1.82, 2.24) is 4.57 Å². The van der Waals surface area contributed by atoms with Crippen LogP contribution in [0.3, 0.4) is 0 Å². The number of benzene rings is 1. The lowest BCUT2D eigenvalue weighted by atomic mass is 10.2. The average Bonchev–Trinajstić information content (AvgIpc) is 2.78. The van der Waals surface area contributed by atoms with Gasteiger partial charge in [0, 0.05) is 21.9 Å². The van der Waals surface area contributed by atoms with Crippen molar-refractivity contribution in [3.63, 3.8) is 0 Å². The highest BCUT2D eigenvalue weighted by Gasteiger charge is 2.16. The number of halogens is 2. The van der Waals surface area contributed by atoms with Crippen molar-refractivity contribution in [3.8, 4) is 5.69 Å². The van der Waals surface area contributed by atoms with Gasteiger partial charge in [0.2, 0.25) is 0 Å². The van der Waals surface area contributed by atoms with Gasteiger partial charge in [-0.3, -0.25) is 4.79 Å². The van der Waals surface area contributed by atoms with Gasteiger partial charge in [0.15, 0.2) is 5.78 Å². The first-order valence-electron chi connectivity index (χ1n) is 5.32. The minimum absolute atomic E-state index is 0.0272. The number of hydrogen-bond donors (Lipinski definition) is 1. The highest BCUT2D eigenvalue weighted by atomic mass is 79.9. The molecule has 1 aromatic carbocycles. The van der Waals surface area contributed by atoms with Crippen LogP contribution in [0.4, 0.5) is 0 Å². The third-order valence-electron chi connectivity index (χ3n) is 2.63. The Morgan fingerprint density at radius 1 is 1.32 bits per heavy atom. The van der Waals surface area contributed by atoms with Gasteiger partial charge in [-0.15, -0.1) is 0 Å². The molecule has 0 atom stereocenters. The van der Waals surface area contributed by atoms with Gasteiger partial charge in [0.25, 0.3) is 0 Å². The molecule has 0 saturated heterocycles. The van der Waals surface area contributed by atoms with Crippen LogP contribution in [0.1, 0.15) is 27.8 Å². The number of hydrogen-bond acceptors (Lipinski definition) is 2. The maximum Gasteiger partial charge on any atom is 0.352 e. The topological polar surface area (TPSA) is 59.3 Å². The Morgan fingerprint density at radius 3 is 2.53 bits per heavy atom. The SMILES string of the molecule is CC(=O)c1cc(C(=O)O)n(-c2ccc(Cl)c(Br)c2)c1. The smallest absolute Gasteiger partial charge is 0.352 e. The van der Waals surface area contributed by atoms with Gasteiger partial charge in [0.1, 0.15) is 5.69 Å². The number of carboxylic acid groups (broad SMARTS) is 1. The predicted octanol–water partition coefficient (Wildman–Crippen LogP) is 3.79. The van der Waals surface area contributed by atoms with E-state index in [0.717, 1.165) is 0 Å². The lowest BCUT2D eigenvalue weighted by Gasteiger charge is -2.07. The van der Waals surface area contributed by atoms with Crippen molar-refractivity contribution in [2.45, 2.75) is 6.92 Å². The largest absolute Gasteiger partial charge is 0.477 e. The van der Waals surface area contributed by atoms with Crippen LogP contribution in [0.5, 0.6) is 0 Å². The standard InChI is InChI=1S/C13H9BrClNO3/c1-7(17)8-4-12(13(18)19)16(6-8)9-2-3-11(15)10(14)5-9/h2-6H,1H3,(H,18,19). The van der Waals surface area contributed by atoms with E-state index in [1.807, 2.05) is 0 Å². The number of aromatic nitrogens is 1. The molecule has 0 aliphatic heterocycles. The van der Waals surface area contributed by atoms with Crippen molar-refractivity contribution in [1.29, 1.82) is 0 Å². The molecule has 0 bridgehead atoms. The molecule has 0 unspecified atom stereocenters. The molecular weight excluding hydrogens is 334 g/mol. The minimum Gasteiger partial charge on any atom is -0.477 e. The molecular formula is C13H9BrClNO3. The van der Waals surface area contributed by atoms with Crippen molar-refractivity contribution in [2.24, 2.45) is 0 Å². The Kier molecular flexibility index (Phi) is 3.78. The third kappa shape index (κ3) is 2.72. The van der Waals surface area contributed by atoms with Crippen LogP contribution in [0.25, 0.3) is 5.69 Å². The molecule has 0 aliphatic rings. The van der Waals surface area contributed by atoms with E-state index in [0.29, 0.717) is 20.7 Å². The monoisotopic (exact) mass is 341 g/mol. The molecule has 0 fully saturated rings. The number of carbonyl (C=O) groups is 2. The molecule has 0 aliphatic carbocycles. The van der Waals surface area contributed by atoms with E-state index in [2.05, 4.69) is 15.9 Å². The van der Waals surface area contributed by atoms with Crippen LogP contribution in [-0.4, -0.2) is 21.4 Å². The zero-order valence-electron chi connectivity index (χ0n) is 9.85. The number of aromatic carboxylic acids is 1. The number of ketones is 1. The maximum absolute atomic E-state index is 11.3. The van der Waals surface area contributed by atoms with Crippen LogP contribution in [-0.2, 0) is 0 Å². The molecule has 0 radical (unpaired) electrons. The summed E-state index contributed by atoms with van der Waals surface area (Å²) in [7, 11) is 0. The van der Waals surface area contributed by atoms with E-state index < -0.39 is 5.97 Å². The quantitative estimate of drug-likeness (QED) is 0.863. The first-order valence-corrected chi connectivity index (χ1v) is 6.49. The molecule has 1 heterocycles. The molecule has 4 nitrogen and oxygen atoms in total. The molecule has 98 valence electrons. The summed E-state index contributed by atoms with van der Waals surface area (Å²) in [4.78, 5) is 22.6. The van der Waals surface area contributed by atoms with Crippen LogP contribution >= 0.6 is 27.5 Å². The zero-order chi connectivity index (χ0) is 14.2. The van der Waals surface area contributed by atoms with E-state index in [1.54, 1.807) is 18.2 Å². The Labute approximate surface area is 122 Å². The normalized spacial score (nSPS) is 10.5. The summed E-state index contributed by atoms with van der Waals surface area (Å²) >= 11 is 9.18. The first-order chi connectivity index (χ1) is 8.90. The van der Waals surface area contributed by atoms with Gasteiger partial charge < -0.3 is 9.67 Å². The number of carboxylic acids is 1. The van der Waals surface area contributed by atoms with Crippen LogP contribution in [0, 0.1) is 0 Å². The van der Waals surface area contributed by atoms with Crippen molar-refractivity contribution < 1.29 is 14.7 Å². The second-order valence-electron chi connectivity index (χ2n) is 3.94. The van der Waals surface area contributed by atoms with E-state index >= 15 is 0 Å². The van der Waals surface area contributed by atoms with Crippen molar-refractivity contribution >= 4 is 39.3 Å². The van der Waals surface area contributed by atoms with Crippen LogP contribution in [0.2, 0.25) is 5.02 Å². The molecule has 0 spiro atoms. The third-order valence-corrected chi connectivity index (χ3v) is 3.84. The molecule has 2 rings (SSSR count). The summed E-state index contributed by atoms with van der Waals surface area (Å²) in [6.07, 6.45) is 1.50. The van der Waals surface area contributed by atoms with E-state index in [9.17, 15) is 14.7 Å². The predicted molar refractivity (Wildman–Crippen MR) is 75.4 cm³/mol. The summed E-state index contributed by atoms with van der Waals surface area (Å²) in [5, 5.41) is 9.70. The minimum atomic E-state index is -1.10. The second kappa shape index (κ2) is 5.19. The summed E-state index contributed by atoms with van der Waals surface area (Å²) in [5.41, 5.74) is 0.990. The van der Waals surface area contributed by atoms with Crippen LogP contribution < -0.4 is 0 Å². The summed E-state index contributed by atoms with van der Waals surface area (Å²) in [6, 6.07) is 6.38. The van der Waals surface area contributed by atoms with E-state index in [1.165, 1.54) is 23.8 Å². The summed E-state index contributed by atoms with van der Waals surface area (Å²) in [6.45, 7) is 1.39. The number of rotatable bonds is 3. The first kappa shape index (κ1) is 13.8. The molecule has 0 amide bonds. The average molecular weight is 343 g/mol. The molecule has 1 N–H and O–H groups in total. The van der Waals surface area contributed by atoms with Gasteiger partial charge >= 0.3 is 5.97 Å². The van der Waals surface area contributed by atoms with Crippen LogP contribution in [0.15, 0.2) is 34.9 Å². The Morgan fingerprint density at radius 2 is 2.00 bits per heavy atom. The highest BCUT2D eigenvalue weighted by Crippen LogP contribution is 2.26. The Bertz CT molecular complexity index is 679. The fourth-order valence-electron chi connectivity index (χ4n) is 1.67. The fourth-order valence-corrected chi connectivity index (χ4v) is 2.15. The maximum atomic E-state index is 11.3. The lowest BCUT2D eigenvalue weighted by molar-refractivity contribution is 0.0688. The molecule has 19 heavy (non-hydrogen) atoms.